The number of benzene rings is 1. The quantitative estimate of drug-likeness (QED) is 0.775. The molecule has 0 aliphatic carbocycles. The number of sulfonamides is 1. The van der Waals surface area contributed by atoms with Crippen molar-refractivity contribution >= 4 is 26.0 Å². The summed E-state index contributed by atoms with van der Waals surface area (Å²) < 4.78 is 39.3. The highest BCUT2D eigenvalue weighted by atomic mass is 79.9. The van der Waals surface area contributed by atoms with Crippen LogP contribution in [-0.4, -0.2) is 47.4 Å². The summed E-state index contributed by atoms with van der Waals surface area (Å²) in [4.78, 5) is 0.125. The van der Waals surface area contributed by atoms with Crippen molar-refractivity contribution < 1.29 is 17.9 Å². The van der Waals surface area contributed by atoms with Crippen molar-refractivity contribution in [1.29, 1.82) is 0 Å². The van der Waals surface area contributed by atoms with E-state index in [0.717, 1.165) is 0 Å². The molecular formula is C13H19BrN2O4S. The fourth-order valence-electron chi connectivity index (χ4n) is 2.25. The average molecular weight is 379 g/mol. The maximum atomic E-state index is 12.6. The molecule has 1 aliphatic rings. The number of hydrogen-bond acceptors (Lipinski definition) is 5. The van der Waals surface area contributed by atoms with Crippen LogP contribution in [0.4, 0.5) is 0 Å². The molecule has 2 atom stereocenters. The van der Waals surface area contributed by atoms with Gasteiger partial charge in [0.1, 0.15) is 10.6 Å². The van der Waals surface area contributed by atoms with Gasteiger partial charge in [-0.1, -0.05) is 15.9 Å². The molecule has 1 aliphatic heterocycles. The molecule has 6 nitrogen and oxygen atoms in total. The van der Waals surface area contributed by atoms with Crippen molar-refractivity contribution in [3.8, 4) is 5.75 Å². The Balaban J connectivity index is 2.28. The van der Waals surface area contributed by atoms with Gasteiger partial charge in [-0.3, -0.25) is 0 Å². The molecule has 1 heterocycles. The first-order valence-corrected chi connectivity index (χ1v) is 8.93. The summed E-state index contributed by atoms with van der Waals surface area (Å²) in [5.41, 5.74) is 0. The first-order chi connectivity index (χ1) is 9.97. The molecule has 21 heavy (non-hydrogen) atoms. The van der Waals surface area contributed by atoms with Crippen molar-refractivity contribution in [2.75, 3.05) is 26.8 Å². The van der Waals surface area contributed by atoms with Gasteiger partial charge in [-0.2, -0.15) is 0 Å². The van der Waals surface area contributed by atoms with Gasteiger partial charge in [0.25, 0.3) is 0 Å². The second kappa shape index (κ2) is 7.06. The zero-order valence-electron chi connectivity index (χ0n) is 11.9. The lowest BCUT2D eigenvalue weighted by Gasteiger charge is -2.19. The number of ether oxygens (including phenoxy) is 2. The average Bonchev–Trinajstić information content (AvgIpc) is 2.87. The van der Waals surface area contributed by atoms with Crippen LogP contribution in [0.15, 0.2) is 27.6 Å². The molecule has 8 heteroatoms. The summed E-state index contributed by atoms with van der Waals surface area (Å²) in [5, 5.41) is 3.11. The SMILES string of the molecule is CCOc1ccc(Br)cc1S(=O)(=O)NC1CNC[C@@H]1OC. The molecule has 2 rings (SSSR count). The summed E-state index contributed by atoms with van der Waals surface area (Å²) in [7, 11) is -2.11. The van der Waals surface area contributed by atoms with Crippen molar-refractivity contribution in [3.05, 3.63) is 22.7 Å². The second-order valence-electron chi connectivity index (χ2n) is 4.68. The smallest absolute Gasteiger partial charge is 0.244 e. The van der Waals surface area contributed by atoms with Crippen LogP contribution in [0.1, 0.15) is 6.92 Å². The van der Waals surface area contributed by atoms with E-state index in [4.69, 9.17) is 9.47 Å². The van der Waals surface area contributed by atoms with Gasteiger partial charge in [0, 0.05) is 24.7 Å². The maximum absolute atomic E-state index is 12.6. The van der Waals surface area contributed by atoms with Gasteiger partial charge in [0.15, 0.2) is 0 Å². The molecule has 0 bridgehead atoms. The van der Waals surface area contributed by atoms with E-state index in [9.17, 15) is 8.42 Å². The first kappa shape index (κ1) is 16.7. The maximum Gasteiger partial charge on any atom is 0.244 e. The minimum absolute atomic E-state index is 0.125. The number of methoxy groups -OCH3 is 1. The molecule has 2 N–H and O–H groups in total. The summed E-state index contributed by atoms with van der Waals surface area (Å²) in [6, 6.07) is 4.63. The van der Waals surface area contributed by atoms with Crippen LogP contribution in [0.2, 0.25) is 0 Å². The van der Waals surface area contributed by atoms with Crippen molar-refractivity contribution in [2.24, 2.45) is 0 Å². The zero-order chi connectivity index (χ0) is 15.5. The van der Waals surface area contributed by atoms with Crippen LogP contribution in [0.25, 0.3) is 0 Å². The van der Waals surface area contributed by atoms with Crippen LogP contribution in [-0.2, 0) is 14.8 Å². The Morgan fingerprint density at radius 2 is 2.19 bits per heavy atom. The van der Waals surface area contributed by atoms with E-state index in [1.807, 2.05) is 6.92 Å². The Labute approximate surface area is 133 Å². The molecule has 1 aromatic carbocycles. The van der Waals surface area contributed by atoms with Gasteiger partial charge in [-0.25, -0.2) is 13.1 Å². The summed E-state index contributed by atoms with van der Waals surface area (Å²) >= 11 is 3.29. The molecule has 118 valence electrons. The van der Waals surface area contributed by atoms with E-state index in [2.05, 4.69) is 26.0 Å². The fraction of sp³-hybridized carbons (Fsp3) is 0.538. The minimum atomic E-state index is -3.69. The molecule has 0 aromatic heterocycles. The zero-order valence-corrected chi connectivity index (χ0v) is 14.3. The van der Waals surface area contributed by atoms with Crippen LogP contribution < -0.4 is 14.8 Å². The monoisotopic (exact) mass is 378 g/mol. The van der Waals surface area contributed by atoms with Gasteiger partial charge in [0.05, 0.1) is 18.8 Å². The number of hydrogen-bond donors (Lipinski definition) is 2. The Morgan fingerprint density at radius 3 is 2.86 bits per heavy atom. The Kier molecular flexibility index (Phi) is 5.61. The third-order valence-electron chi connectivity index (χ3n) is 3.26. The molecule has 1 aromatic rings. The molecule has 1 saturated heterocycles. The standard InChI is InChI=1S/C13H19BrN2O4S/c1-3-20-11-5-4-9(14)6-13(11)21(17,18)16-10-7-15-8-12(10)19-2/h4-6,10,12,15-16H,3,7-8H2,1-2H3/t10?,12-/m0/s1. The highest BCUT2D eigenvalue weighted by Gasteiger charge is 2.32. The fourth-order valence-corrected chi connectivity index (χ4v) is 4.20. The highest BCUT2D eigenvalue weighted by molar-refractivity contribution is 9.10. The molecule has 0 spiro atoms. The number of nitrogens with one attached hydrogen (secondary N) is 2. The number of halogens is 1. The molecule has 1 fully saturated rings. The van der Waals surface area contributed by atoms with Crippen LogP contribution >= 0.6 is 15.9 Å². The van der Waals surface area contributed by atoms with Crippen LogP contribution in [0, 0.1) is 0 Å². The van der Waals surface area contributed by atoms with Crippen molar-refractivity contribution in [2.45, 2.75) is 24.0 Å². The first-order valence-electron chi connectivity index (χ1n) is 6.66. The summed E-state index contributed by atoms with van der Waals surface area (Å²) in [6.45, 7) is 3.37. The lowest BCUT2D eigenvalue weighted by atomic mass is 10.2. The Bertz CT molecular complexity index is 594. The molecule has 0 amide bonds. The van der Waals surface area contributed by atoms with E-state index < -0.39 is 10.0 Å². The Hall–Kier alpha value is -0.670. The van der Waals surface area contributed by atoms with E-state index in [1.54, 1.807) is 19.2 Å². The minimum Gasteiger partial charge on any atom is -0.492 e. The number of rotatable bonds is 6. The third-order valence-corrected chi connectivity index (χ3v) is 5.27. The van der Waals surface area contributed by atoms with Gasteiger partial charge in [-0.15, -0.1) is 0 Å². The van der Waals surface area contributed by atoms with E-state index in [0.29, 0.717) is 29.9 Å². The molecule has 0 radical (unpaired) electrons. The van der Waals surface area contributed by atoms with Crippen molar-refractivity contribution in [3.63, 3.8) is 0 Å². The van der Waals surface area contributed by atoms with Gasteiger partial charge >= 0.3 is 0 Å². The second-order valence-corrected chi connectivity index (χ2v) is 7.28. The van der Waals surface area contributed by atoms with Crippen LogP contribution in [0.3, 0.4) is 0 Å². The topological polar surface area (TPSA) is 76.7 Å². The highest BCUT2D eigenvalue weighted by Crippen LogP contribution is 2.28. The third kappa shape index (κ3) is 3.95. The van der Waals surface area contributed by atoms with E-state index >= 15 is 0 Å². The molecule has 1 unspecified atom stereocenters. The van der Waals surface area contributed by atoms with Gasteiger partial charge in [0.2, 0.25) is 10.0 Å². The van der Waals surface area contributed by atoms with Gasteiger partial charge < -0.3 is 14.8 Å². The van der Waals surface area contributed by atoms with Gasteiger partial charge in [-0.05, 0) is 25.1 Å². The lowest BCUT2D eigenvalue weighted by Crippen LogP contribution is -2.43. The van der Waals surface area contributed by atoms with E-state index in [1.165, 1.54) is 6.07 Å². The largest absolute Gasteiger partial charge is 0.492 e. The molecular weight excluding hydrogens is 360 g/mol. The van der Waals surface area contributed by atoms with Crippen LogP contribution in [0.5, 0.6) is 5.75 Å². The Morgan fingerprint density at radius 1 is 1.43 bits per heavy atom. The lowest BCUT2D eigenvalue weighted by molar-refractivity contribution is 0.103. The van der Waals surface area contributed by atoms with Crippen molar-refractivity contribution in [1.82, 2.24) is 10.0 Å². The normalized spacial score (nSPS) is 22.4. The summed E-state index contributed by atoms with van der Waals surface area (Å²) in [5.74, 6) is 0.341. The predicted molar refractivity (Wildman–Crippen MR) is 83.1 cm³/mol. The summed E-state index contributed by atoms with van der Waals surface area (Å²) in [6.07, 6.45) is -0.178. The molecule has 0 saturated carbocycles. The predicted octanol–water partition coefficient (Wildman–Crippen LogP) is 1.11. The van der Waals surface area contributed by atoms with E-state index in [-0.39, 0.29) is 17.0 Å².